The van der Waals surface area contributed by atoms with Crippen LogP contribution in [-0.4, -0.2) is 84.1 Å². The van der Waals surface area contributed by atoms with Gasteiger partial charge in [0.05, 0.1) is 5.25 Å². The molecule has 2 heterocycles. The lowest BCUT2D eigenvalue weighted by Gasteiger charge is -2.30. The molecule has 49 heavy (non-hydrogen) atoms. The Kier molecular flexibility index (Phi) is 10.8. The van der Waals surface area contributed by atoms with E-state index >= 15 is 0 Å². The Balaban J connectivity index is 1.42. The highest BCUT2D eigenvalue weighted by Crippen LogP contribution is 2.46. The van der Waals surface area contributed by atoms with E-state index in [0.29, 0.717) is 37.7 Å². The van der Waals surface area contributed by atoms with Crippen molar-refractivity contribution < 1.29 is 37.1 Å². The predicted molar refractivity (Wildman–Crippen MR) is 182 cm³/mol. The van der Waals surface area contributed by atoms with Crippen molar-refractivity contribution in [3.8, 4) is 0 Å². The van der Waals surface area contributed by atoms with Crippen molar-refractivity contribution in [2.75, 3.05) is 6.54 Å². The maximum absolute atomic E-state index is 14.3. The first-order valence-electron chi connectivity index (χ1n) is 17.4. The number of nitrogens with zero attached hydrogens (tertiary/aromatic N) is 1. The van der Waals surface area contributed by atoms with Crippen molar-refractivity contribution in [1.82, 2.24) is 25.6 Å². The molecule has 5 atom stereocenters. The number of carbonyl (C=O) groups is 5. The van der Waals surface area contributed by atoms with E-state index in [2.05, 4.69) is 20.7 Å². The molecule has 0 unspecified atom stereocenters. The summed E-state index contributed by atoms with van der Waals surface area (Å²) < 4.78 is 33.1. The minimum absolute atomic E-state index is 0.0131. The first kappa shape index (κ1) is 36.3. The fourth-order valence-corrected chi connectivity index (χ4v) is 7.88. The van der Waals surface area contributed by atoms with Gasteiger partial charge in [-0.05, 0) is 89.8 Å². The van der Waals surface area contributed by atoms with Crippen LogP contribution in [0.25, 0.3) is 0 Å². The molecule has 1 aromatic carbocycles. The van der Waals surface area contributed by atoms with E-state index in [1.807, 2.05) is 31.2 Å². The van der Waals surface area contributed by atoms with E-state index in [9.17, 15) is 32.4 Å². The summed E-state index contributed by atoms with van der Waals surface area (Å²) in [6.07, 6.45) is 8.20. The summed E-state index contributed by atoms with van der Waals surface area (Å²) in [4.78, 5) is 69.4. The highest BCUT2D eigenvalue weighted by atomic mass is 32.2. The van der Waals surface area contributed by atoms with Crippen LogP contribution in [-0.2, 0) is 35.6 Å². The SMILES string of the molecule is CCc1ccc(C(=O)N[C@@H]2C[C@H]3C(=O)N[C@]4(C(=O)NS(=O)(=O)C5CC5)C[C@H]4C=CCCCCC[C@H](NC(=O)OC(C)(C)C)C(=O)N3C2)cc1. The molecule has 268 valence electrons. The molecular formula is C35H49N5O8S. The summed E-state index contributed by atoms with van der Waals surface area (Å²) in [5.41, 5.74) is -0.795. The summed E-state index contributed by atoms with van der Waals surface area (Å²) >= 11 is 0. The summed E-state index contributed by atoms with van der Waals surface area (Å²) in [5, 5.41) is 7.86. The molecule has 1 saturated heterocycles. The lowest BCUT2D eigenvalue weighted by Crippen LogP contribution is -2.58. The third-order valence-corrected chi connectivity index (χ3v) is 11.4. The average molecular weight is 700 g/mol. The van der Waals surface area contributed by atoms with Crippen LogP contribution >= 0.6 is 0 Å². The maximum atomic E-state index is 14.3. The number of carbonyl (C=O) groups excluding carboxylic acids is 5. The third kappa shape index (κ3) is 9.00. The monoisotopic (exact) mass is 699 g/mol. The summed E-state index contributed by atoms with van der Waals surface area (Å²) in [6.45, 7) is 7.15. The second-order valence-electron chi connectivity index (χ2n) is 14.7. The number of amides is 5. The van der Waals surface area contributed by atoms with Crippen molar-refractivity contribution >= 4 is 39.7 Å². The molecule has 14 heteroatoms. The second-order valence-corrected chi connectivity index (χ2v) is 16.6. The van der Waals surface area contributed by atoms with E-state index in [0.717, 1.165) is 24.8 Å². The van der Waals surface area contributed by atoms with Gasteiger partial charge >= 0.3 is 6.09 Å². The molecule has 0 radical (unpaired) electrons. The lowest BCUT2D eigenvalue weighted by atomic mass is 10.0. The van der Waals surface area contributed by atoms with Gasteiger partial charge in [-0.1, -0.05) is 44.1 Å². The molecule has 0 spiro atoms. The fraction of sp³-hybridized carbons (Fsp3) is 0.629. The van der Waals surface area contributed by atoms with E-state index in [4.69, 9.17) is 4.74 Å². The number of aryl methyl sites for hydroxylation is 1. The molecule has 13 nitrogen and oxygen atoms in total. The van der Waals surface area contributed by atoms with Crippen LogP contribution in [0.1, 0.15) is 101 Å². The van der Waals surface area contributed by atoms with Crippen molar-refractivity contribution in [1.29, 1.82) is 0 Å². The number of ether oxygens (including phenoxy) is 1. The number of hydrogen-bond donors (Lipinski definition) is 4. The Morgan fingerprint density at radius 2 is 1.73 bits per heavy atom. The number of alkyl carbamates (subject to hydrolysis) is 1. The van der Waals surface area contributed by atoms with Crippen LogP contribution in [0.5, 0.6) is 0 Å². The molecule has 4 N–H and O–H groups in total. The number of benzene rings is 1. The molecule has 4 aliphatic rings. The Morgan fingerprint density at radius 1 is 1.02 bits per heavy atom. The van der Waals surface area contributed by atoms with Gasteiger partial charge in [-0.25, -0.2) is 13.2 Å². The number of sulfonamides is 1. The summed E-state index contributed by atoms with van der Waals surface area (Å²) in [5.74, 6) is -2.74. The molecule has 5 amide bonds. The largest absolute Gasteiger partial charge is 0.444 e. The van der Waals surface area contributed by atoms with Crippen molar-refractivity contribution in [3.05, 3.63) is 47.5 Å². The average Bonchev–Trinajstić information content (AvgIpc) is 3.95. The molecule has 0 bridgehead atoms. The first-order chi connectivity index (χ1) is 23.1. The summed E-state index contributed by atoms with van der Waals surface area (Å²) in [7, 11) is -3.88. The molecule has 0 aromatic heterocycles. The van der Waals surface area contributed by atoms with Crippen molar-refractivity contribution in [2.24, 2.45) is 5.92 Å². The van der Waals surface area contributed by atoms with Gasteiger partial charge in [0.1, 0.15) is 23.2 Å². The van der Waals surface area contributed by atoms with Gasteiger partial charge in [0, 0.05) is 24.1 Å². The topological polar surface area (TPSA) is 180 Å². The fourth-order valence-electron chi connectivity index (χ4n) is 6.52. The molecule has 2 aliphatic carbocycles. The minimum Gasteiger partial charge on any atom is -0.444 e. The van der Waals surface area contributed by atoms with Crippen LogP contribution in [0.2, 0.25) is 0 Å². The van der Waals surface area contributed by atoms with Crippen LogP contribution < -0.4 is 20.7 Å². The number of allylic oxidation sites excluding steroid dienone is 1. The molecule has 2 aliphatic heterocycles. The van der Waals surface area contributed by atoms with Crippen molar-refractivity contribution in [2.45, 2.75) is 126 Å². The first-order valence-corrected chi connectivity index (χ1v) is 18.9. The van der Waals surface area contributed by atoms with Gasteiger partial charge < -0.3 is 25.6 Å². The quantitative estimate of drug-likeness (QED) is 0.314. The van der Waals surface area contributed by atoms with Crippen LogP contribution in [0.3, 0.4) is 0 Å². The van der Waals surface area contributed by atoms with E-state index in [1.165, 1.54) is 4.90 Å². The Morgan fingerprint density at radius 3 is 2.39 bits per heavy atom. The Hall–Kier alpha value is -3.94. The van der Waals surface area contributed by atoms with E-state index in [-0.39, 0.29) is 25.3 Å². The number of nitrogens with one attached hydrogen (secondary N) is 4. The van der Waals surface area contributed by atoms with Gasteiger partial charge in [0.2, 0.25) is 21.8 Å². The minimum atomic E-state index is -3.88. The standard InChI is InChI=1S/C35H49N5O8S/c1-5-22-13-15-23(16-14-22)29(41)36-25-19-28-30(42)38-35(32(44)39-49(46,47)26-17-18-26)20-24(35)11-9-7-6-8-10-12-27(31(43)40(28)21-25)37-33(45)48-34(2,3)4/h9,11,13-16,24-28H,5-8,10,12,17-21H2,1-4H3,(H,36,41)(H,37,45)(H,38,42)(H,39,44)/t24-,25-,27+,28+,35-/m1/s1. The molecule has 2 saturated carbocycles. The molecule has 5 rings (SSSR count). The van der Waals surface area contributed by atoms with Crippen LogP contribution in [0.15, 0.2) is 36.4 Å². The number of hydrogen-bond acceptors (Lipinski definition) is 8. The van der Waals surface area contributed by atoms with Gasteiger partial charge in [0.15, 0.2) is 0 Å². The highest BCUT2D eigenvalue weighted by molar-refractivity contribution is 7.91. The van der Waals surface area contributed by atoms with Crippen LogP contribution in [0.4, 0.5) is 4.79 Å². The number of rotatable bonds is 7. The smallest absolute Gasteiger partial charge is 0.408 e. The van der Waals surface area contributed by atoms with Crippen LogP contribution in [0, 0.1) is 5.92 Å². The Bertz CT molecular complexity index is 1580. The third-order valence-electron chi connectivity index (χ3n) is 9.53. The molecular weight excluding hydrogens is 650 g/mol. The lowest BCUT2D eigenvalue weighted by molar-refractivity contribution is -0.141. The second kappa shape index (κ2) is 14.5. The zero-order chi connectivity index (χ0) is 35.6. The van der Waals surface area contributed by atoms with Gasteiger partial charge in [-0.2, -0.15) is 0 Å². The normalized spacial score (nSPS) is 27.8. The summed E-state index contributed by atoms with van der Waals surface area (Å²) in [6, 6.07) is 4.45. The van der Waals surface area contributed by atoms with Gasteiger partial charge in [-0.15, -0.1) is 0 Å². The Labute approximate surface area is 288 Å². The molecule has 3 fully saturated rings. The molecule has 1 aromatic rings. The number of fused-ring (bicyclic) bond motifs is 2. The van der Waals surface area contributed by atoms with E-state index in [1.54, 1.807) is 32.9 Å². The maximum Gasteiger partial charge on any atom is 0.408 e. The predicted octanol–water partition coefficient (Wildman–Crippen LogP) is 2.85. The highest BCUT2D eigenvalue weighted by Gasteiger charge is 2.62. The van der Waals surface area contributed by atoms with Gasteiger partial charge in [0.25, 0.3) is 11.8 Å². The van der Waals surface area contributed by atoms with Gasteiger partial charge in [-0.3, -0.25) is 23.9 Å². The zero-order valence-electron chi connectivity index (χ0n) is 28.8. The zero-order valence-corrected chi connectivity index (χ0v) is 29.6. The van der Waals surface area contributed by atoms with E-state index < -0.39 is 74.3 Å². The van der Waals surface area contributed by atoms with Crippen molar-refractivity contribution in [3.63, 3.8) is 0 Å².